The lowest BCUT2D eigenvalue weighted by atomic mass is 10.1. The number of carbonyl (C=O) groups excluding carboxylic acids is 1. The van der Waals surface area contributed by atoms with Crippen LogP contribution in [0.5, 0.6) is 0 Å². The first-order valence-corrected chi connectivity index (χ1v) is 8.07. The largest absolute Gasteiger partial charge is 0.311 e. The molecule has 7 heteroatoms. The molecule has 0 N–H and O–H groups in total. The Labute approximate surface area is 151 Å². The third kappa shape index (κ3) is 2.90. The van der Waals surface area contributed by atoms with Crippen molar-refractivity contribution in [1.82, 2.24) is 9.38 Å². The van der Waals surface area contributed by atoms with Gasteiger partial charge in [0.15, 0.2) is 0 Å². The van der Waals surface area contributed by atoms with Crippen LogP contribution >= 0.6 is 34.2 Å². The molecule has 0 aliphatic carbocycles. The van der Waals surface area contributed by atoms with Crippen molar-refractivity contribution >= 4 is 51.4 Å². The maximum absolute atomic E-state index is 12.8. The SMILES string of the molecule is CN(C(=O)c1cn2c(I)cnc2cc1C#N)c1ccc(Cl)cc1. The molecule has 5 nitrogen and oxygen atoms in total. The number of benzene rings is 1. The van der Waals surface area contributed by atoms with Crippen LogP contribution in [0.3, 0.4) is 0 Å². The molecule has 0 saturated heterocycles. The van der Waals surface area contributed by atoms with E-state index in [-0.39, 0.29) is 5.91 Å². The van der Waals surface area contributed by atoms with E-state index in [0.717, 1.165) is 3.70 Å². The maximum atomic E-state index is 12.8. The number of imidazole rings is 1. The Hall–Kier alpha value is -2.11. The van der Waals surface area contributed by atoms with Gasteiger partial charge in [-0.2, -0.15) is 5.26 Å². The van der Waals surface area contributed by atoms with Gasteiger partial charge in [0.2, 0.25) is 0 Å². The predicted octanol–water partition coefficient (Wildman–Crippen LogP) is 3.74. The number of aromatic nitrogens is 2. The van der Waals surface area contributed by atoms with Gasteiger partial charge in [-0.15, -0.1) is 0 Å². The molecule has 0 bridgehead atoms. The number of amides is 1. The highest BCUT2D eigenvalue weighted by molar-refractivity contribution is 14.1. The molecule has 0 spiro atoms. The number of halogens is 2. The van der Waals surface area contributed by atoms with E-state index in [1.54, 1.807) is 54.2 Å². The van der Waals surface area contributed by atoms with E-state index in [2.05, 4.69) is 33.6 Å². The Balaban J connectivity index is 2.07. The van der Waals surface area contributed by atoms with Crippen molar-refractivity contribution in [2.24, 2.45) is 0 Å². The van der Waals surface area contributed by atoms with Crippen LogP contribution in [0.1, 0.15) is 15.9 Å². The van der Waals surface area contributed by atoms with E-state index < -0.39 is 0 Å². The van der Waals surface area contributed by atoms with Gasteiger partial charge in [0.1, 0.15) is 15.4 Å². The molecule has 2 aromatic heterocycles. The van der Waals surface area contributed by atoms with E-state index in [1.165, 1.54) is 4.90 Å². The van der Waals surface area contributed by atoms with Crippen molar-refractivity contribution in [3.63, 3.8) is 0 Å². The molecule has 1 aromatic carbocycles. The van der Waals surface area contributed by atoms with Crippen LogP contribution in [-0.4, -0.2) is 22.3 Å². The fourth-order valence-electron chi connectivity index (χ4n) is 2.22. The summed E-state index contributed by atoms with van der Waals surface area (Å²) in [5, 5.41) is 9.94. The number of rotatable bonds is 2. The Morgan fingerprint density at radius 1 is 1.39 bits per heavy atom. The van der Waals surface area contributed by atoms with Crippen LogP contribution in [0.4, 0.5) is 5.69 Å². The summed E-state index contributed by atoms with van der Waals surface area (Å²) in [7, 11) is 1.66. The molecule has 114 valence electrons. The van der Waals surface area contributed by atoms with E-state index in [4.69, 9.17) is 11.6 Å². The Kier molecular flexibility index (Phi) is 4.24. The average Bonchev–Trinajstić information content (AvgIpc) is 2.93. The van der Waals surface area contributed by atoms with E-state index in [0.29, 0.717) is 27.5 Å². The number of nitriles is 1. The van der Waals surface area contributed by atoms with E-state index >= 15 is 0 Å². The molecular formula is C16H10ClIN4O. The van der Waals surface area contributed by atoms with Gasteiger partial charge >= 0.3 is 0 Å². The number of anilines is 1. The van der Waals surface area contributed by atoms with Gasteiger partial charge in [-0.25, -0.2) is 4.98 Å². The summed E-state index contributed by atoms with van der Waals surface area (Å²) in [6.07, 6.45) is 3.34. The molecule has 0 saturated carbocycles. The summed E-state index contributed by atoms with van der Waals surface area (Å²) in [5.41, 5.74) is 1.96. The second-order valence-corrected chi connectivity index (χ2v) is 6.40. The third-order valence-corrected chi connectivity index (χ3v) is 4.52. The Bertz CT molecular complexity index is 943. The molecule has 0 atom stereocenters. The van der Waals surface area contributed by atoms with Crippen molar-refractivity contribution in [3.05, 3.63) is 62.6 Å². The minimum atomic E-state index is -0.268. The quantitative estimate of drug-likeness (QED) is 0.575. The van der Waals surface area contributed by atoms with Crippen molar-refractivity contribution in [2.45, 2.75) is 0 Å². The average molecular weight is 437 g/mol. The molecule has 0 aliphatic rings. The van der Waals surface area contributed by atoms with Crippen molar-refractivity contribution in [3.8, 4) is 6.07 Å². The summed E-state index contributed by atoms with van der Waals surface area (Å²) < 4.78 is 2.65. The molecular weight excluding hydrogens is 427 g/mol. The fourth-order valence-corrected chi connectivity index (χ4v) is 2.87. The van der Waals surface area contributed by atoms with Crippen molar-refractivity contribution in [2.75, 3.05) is 11.9 Å². The van der Waals surface area contributed by atoms with Crippen LogP contribution < -0.4 is 4.90 Å². The highest BCUT2D eigenvalue weighted by atomic mass is 127. The highest BCUT2D eigenvalue weighted by Gasteiger charge is 2.19. The zero-order valence-electron chi connectivity index (χ0n) is 12.0. The third-order valence-electron chi connectivity index (χ3n) is 3.47. The summed E-state index contributed by atoms with van der Waals surface area (Å²) in [4.78, 5) is 18.5. The van der Waals surface area contributed by atoms with Crippen LogP contribution in [0, 0.1) is 15.0 Å². The minimum Gasteiger partial charge on any atom is -0.311 e. The number of hydrogen-bond donors (Lipinski definition) is 0. The standard InChI is InChI=1S/C16H10ClIN4O/c1-21(12-4-2-11(17)3-5-12)16(23)13-9-22-14(18)8-20-15(22)6-10(13)7-19/h2-6,8-9H,1H3. The first-order chi connectivity index (χ1) is 11.0. The lowest BCUT2D eigenvalue weighted by Gasteiger charge is -2.18. The van der Waals surface area contributed by atoms with Crippen LogP contribution in [0.15, 0.2) is 42.7 Å². The number of hydrogen-bond acceptors (Lipinski definition) is 3. The lowest BCUT2D eigenvalue weighted by Crippen LogP contribution is -2.27. The van der Waals surface area contributed by atoms with Crippen LogP contribution in [-0.2, 0) is 0 Å². The smallest absolute Gasteiger partial charge is 0.260 e. The Morgan fingerprint density at radius 3 is 2.74 bits per heavy atom. The number of fused-ring (bicyclic) bond motifs is 1. The molecule has 0 unspecified atom stereocenters. The van der Waals surface area contributed by atoms with Gasteiger partial charge in [-0.3, -0.25) is 9.20 Å². The molecule has 3 rings (SSSR count). The van der Waals surface area contributed by atoms with Gasteiger partial charge in [-0.05, 0) is 52.9 Å². The molecule has 3 aromatic rings. The second kappa shape index (κ2) is 6.18. The second-order valence-electron chi connectivity index (χ2n) is 4.86. The number of nitrogens with zero attached hydrogens (tertiary/aromatic N) is 4. The zero-order valence-corrected chi connectivity index (χ0v) is 14.9. The number of pyridine rings is 1. The van der Waals surface area contributed by atoms with Gasteiger partial charge in [0.05, 0.1) is 17.3 Å². The summed E-state index contributed by atoms with van der Waals surface area (Å²) in [6.45, 7) is 0. The van der Waals surface area contributed by atoms with Gasteiger partial charge in [0, 0.05) is 24.0 Å². The normalized spacial score (nSPS) is 10.5. The minimum absolute atomic E-state index is 0.268. The van der Waals surface area contributed by atoms with Crippen molar-refractivity contribution in [1.29, 1.82) is 5.26 Å². The van der Waals surface area contributed by atoms with Gasteiger partial charge in [0.25, 0.3) is 5.91 Å². The molecule has 23 heavy (non-hydrogen) atoms. The van der Waals surface area contributed by atoms with Crippen LogP contribution in [0.25, 0.3) is 5.65 Å². The molecule has 1 amide bonds. The lowest BCUT2D eigenvalue weighted by molar-refractivity contribution is 0.0992. The topological polar surface area (TPSA) is 61.4 Å². The monoisotopic (exact) mass is 436 g/mol. The molecule has 2 heterocycles. The Morgan fingerprint density at radius 2 is 2.09 bits per heavy atom. The zero-order chi connectivity index (χ0) is 16.6. The van der Waals surface area contributed by atoms with Crippen molar-refractivity contribution < 1.29 is 4.79 Å². The summed E-state index contributed by atoms with van der Waals surface area (Å²) in [5.74, 6) is -0.268. The van der Waals surface area contributed by atoms with E-state index in [9.17, 15) is 10.1 Å². The van der Waals surface area contributed by atoms with Gasteiger partial charge in [-0.1, -0.05) is 11.6 Å². The molecule has 0 radical (unpaired) electrons. The first-order valence-electron chi connectivity index (χ1n) is 6.61. The molecule has 0 fully saturated rings. The summed E-state index contributed by atoms with van der Waals surface area (Å²) in [6, 6.07) is 10.6. The van der Waals surface area contributed by atoms with E-state index in [1.807, 2.05) is 0 Å². The van der Waals surface area contributed by atoms with Crippen LogP contribution in [0.2, 0.25) is 5.02 Å². The summed E-state index contributed by atoms with van der Waals surface area (Å²) >= 11 is 8.00. The predicted molar refractivity (Wildman–Crippen MR) is 96.8 cm³/mol. The fraction of sp³-hybridized carbons (Fsp3) is 0.0625. The van der Waals surface area contributed by atoms with Gasteiger partial charge < -0.3 is 4.90 Å². The number of carbonyl (C=O) groups is 1. The maximum Gasteiger partial charge on any atom is 0.260 e. The highest BCUT2D eigenvalue weighted by Crippen LogP contribution is 2.21. The first kappa shape index (κ1) is 15.8. The molecule has 0 aliphatic heterocycles.